The molecule has 0 fully saturated rings. The second-order valence-electron chi connectivity index (χ2n) is 8.98. The van der Waals surface area contributed by atoms with Crippen LogP contribution in [0.3, 0.4) is 0 Å². The quantitative estimate of drug-likeness (QED) is 0.0885. The Hall–Kier alpha value is -0.930. The number of carbonyl (C=O) groups is 2. The molecule has 196 valence electrons. The van der Waals surface area contributed by atoms with E-state index in [0.29, 0.717) is 6.42 Å². The Kier molecular flexibility index (Phi) is 19.6. The average Bonchev–Trinajstić information content (AvgIpc) is 2.77. The van der Waals surface area contributed by atoms with Crippen LogP contribution in [0.4, 0.5) is 0 Å². The van der Waals surface area contributed by atoms with E-state index in [4.69, 9.17) is 9.84 Å². The van der Waals surface area contributed by atoms with Gasteiger partial charge in [-0.3, -0.25) is 14.1 Å². The smallest absolute Gasteiger partial charge is 1.00 e. The summed E-state index contributed by atoms with van der Waals surface area (Å²) in [5, 5.41) is 6.67. The van der Waals surface area contributed by atoms with E-state index in [1.807, 2.05) is 0 Å². The van der Waals surface area contributed by atoms with Crippen LogP contribution in [0.1, 0.15) is 110 Å². The third-order valence-corrected chi connectivity index (χ3v) is 7.04. The van der Waals surface area contributed by atoms with Gasteiger partial charge in [-0.15, -0.1) is 0 Å². The SMILES string of the molecule is CCCCCCCCCCCCCCCCc1ccccc1OC(=O)C(CC(=O)O)S(=O)(=O)O.[H-].[Na+]. The van der Waals surface area contributed by atoms with E-state index < -0.39 is 33.7 Å². The molecule has 7 nitrogen and oxygen atoms in total. The van der Waals surface area contributed by atoms with Gasteiger partial charge in [0, 0.05) is 0 Å². The molecule has 0 spiro atoms. The van der Waals surface area contributed by atoms with Crippen molar-refractivity contribution in [1.29, 1.82) is 0 Å². The standard InChI is InChI=1S/C26H42O7S.Na.H/c1-2-3-4-5-6-7-8-9-10-11-12-13-14-15-18-22-19-16-17-20-23(22)33-26(29)24(21-25(27)28)34(30,31)32;;/h16-17,19-20,24H,2-15,18,21H2,1H3,(H,27,28)(H,30,31,32);;/q;+1;-1. The normalized spacial score (nSPS) is 12.1. The molecule has 0 radical (unpaired) electrons. The predicted octanol–water partition coefficient (Wildman–Crippen LogP) is 3.46. The fourth-order valence-corrected chi connectivity index (χ4v) is 4.61. The second-order valence-corrected chi connectivity index (χ2v) is 10.6. The van der Waals surface area contributed by atoms with E-state index in [-0.39, 0.29) is 36.7 Å². The Morgan fingerprint density at radius 1 is 0.857 bits per heavy atom. The van der Waals surface area contributed by atoms with Crippen molar-refractivity contribution in [3.05, 3.63) is 29.8 Å². The van der Waals surface area contributed by atoms with Gasteiger partial charge in [-0.05, 0) is 24.5 Å². The fourth-order valence-electron chi connectivity index (χ4n) is 3.96. The van der Waals surface area contributed by atoms with E-state index >= 15 is 0 Å². The minimum absolute atomic E-state index is 0. The first-order chi connectivity index (χ1) is 16.3. The number of aryl methyl sites for hydroxylation is 1. The Morgan fingerprint density at radius 2 is 1.31 bits per heavy atom. The number of para-hydroxylation sites is 1. The molecule has 35 heavy (non-hydrogen) atoms. The number of carboxylic acids is 1. The fraction of sp³-hybridized carbons (Fsp3) is 0.692. The average molecular weight is 523 g/mol. The zero-order valence-electron chi connectivity index (χ0n) is 22.5. The van der Waals surface area contributed by atoms with Crippen molar-refractivity contribution in [2.45, 2.75) is 115 Å². The summed E-state index contributed by atoms with van der Waals surface area (Å²) >= 11 is 0. The number of carbonyl (C=O) groups excluding carboxylic acids is 1. The molecule has 1 unspecified atom stereocenters. The zero-order chi connectivity index (χ0) is 25.2. The van der Waals surface area contributed by atoms with Crippen molar-refractivity contribution in [3.63, 3.8) is 0 Å². The number of hydrogen-bond donors (Lipinski definition) is 2. The molecule has 2 N–H and O–H groups in total. The van der Waals surface area contributed by atoms with Crippen molar-refractivity contribution < 1.29 is 63.4 Å². The molecule has 1 atom stereocenters. The summed E-state index contributed by atoms with van der Waals surface area (Å²) in [4.78, 5) is 23.1. The van der Waals surface area contributed by atoms with Gasteiger partial charge in [-0.25, -0.2) is 0 Å². The van der Waals surface area contributed by atoms with Gasteiger partial charge in [0.1, 0.15) is 5.75 Å². The number of ether oxygens (including phenoxy) is 1. The van der Waals surface area contributed by atoms with Crippen LogP contribution in [0, 0.1) is 0 Å². The molecule has 0 saturated heterocycles. The Morgan fingerprint density at radius 3 is 1.77 bits per heavy atom. The van der Waals surface area contributed by atoms with Crippen LogP contribution >= 0.6 is 0 Å². The van der Waals surface area contributed by atoms with Crippen LogP contribution in [0.25, 0.3) is 0 Å². The van der Waals surface area contributed by atoms with E-state index in [1.54, 1.807) is 24.3 Å². The van der Waals surface area contributed by atoms with Gasteiger partial charge in [0.2, 0.25) is 0 Å². The van der Waals surface area contributed by atoms with Crippen molar-refractivity contribution >= 4 is 22.1 Å². The first-order valence-corrected chi connectivity index (χ1v) is 14.2. The van der Waals surface area contributed by atoms with E-state index in [0.717, 1.165) is 24.8 Å². The van der Waals surface area contributed by atoms with Gasteiger partial charge in [0.05, 0.1) is 6.42 Å². The molecule has 0 aliphatic carbocycles. The zero-order valence-corrected chi connectivity index (χ0v) is 24.4. The molecule has 0 aliphatic heterocycles. The van der Waals surface area contributed by atoms with Crippen LogP contribution < -0.4 is 34.3 Å². The summed E-state index contributed by atoms with van der Waals surface area (Å²) in [7, 11) is -4.89. The van der Waals surface area contributed by atoms with Crippen LogP contribution in [-0.2, 0) is 26.1 Å². The van der Waals surface area contributed by atoms with Crippen LogP contribution in [0.5, 0.6) is 5.75 Å². The summed E-state index contributed by atoms with van der Waals surface area (Å²) in [6.07, 6.45) is 17.2. The minimum Gasteiger partial charge on any atom is -1.00 e. The molecular formula is C26H43NaO7S. The minimum atomic E-state index is -4.89. The molecule has 1 aromatic rings. The third-order valence-electron chi connectivity index (χ3n) is 5.97. The molecular weight excluding hydrogens is 479 g/mol. The van der Waals surface area contributed by atoms with Crippen molar-refractivity contribution in [1.82, 2.24) is 0 Å². The number of unbranched alkanes of at least 4 members (excludes halogenated alkanes) is 13. The van der Waals surface area contributed by atoms with E-state index in [1.165, 1.54) is 70.6 Å². The first-order valence-electron chi connectivity index (χ1n) is 12.7. The Labute approximate surface area is 234 Å². The van der Waals surface area contributed by atoms with Gasteiger partial charge >= 0.3 is 41.5 Å². The van der Waals surface area contributed by atoms with Gasteiger partial charge in [0.15, 0.2) is 5.25 Å². The van der Waals surface area contributed by atoms with Crippen molar-refractivity contribution in [2.75, 3.05) is 0 Å². The van der Waals surface area contributed by atoms with Gasteiger partial charge in [0.25, 0.3) is 10.1 Å². The summed E-state index contributed by atoms with van der Waals surface area (Å²) < 4.78 is 37.1. The van der Waals surface area contributed by atoms with Crippen LogP contribution in [0.15, 0.2) is 24.3 Å². The summed E-state index contributed by atoms with van der Waals surface area (Å²) in [6, 6.07) is 6.79. The maximum absolute atomic E-state index is 12.2. The molecule has 1 aromatic carbocycles. The molecule has 0 amide bonds. The van der Waals surface area contributed by atoms with E-state index in [9.17, 15) is 22.6 Å². The summed E-state index contributed by atoms with van der Waals surface area (Å²) in [5.41, 5.74) is 0.749. The monoisotopic (exact) mass is 522 g/mol. The number of esters is 1. The number of carboxylic acid groups (broad SMARTS) is 1. The maximum atomic E-state index is 12.2. The molecule has 0 aromatic heterocycles. The Balaban J connectivity index is 0. The molecule has 0 heterocycles. The number of hydrogen-bond acceptors (Lipinski definition) is 5. The second kappa shape index (κ2) is 20.2. The topological polar surface area (TPSA) is 118 Å². The van der Waals surface area contributed by atoms with Crippen LogP contribution in [0.2, 0.25) is 0 Å². The van der Waals surface area contributed by atoms with E-state index in [2.05, 4.69) is 6.92 Å². The van der Waals surface area contributed by atoms with Gasteiger partial charge < -0.3 is 11.3 Å². The van der Waals surface area contributed by atoms with Crippen LogP contribution in [-0.4, -0.2) is 35.3 Å². The third kappa shape index (κ3) is 16.4. The number of aliphatic carboxylic acids is 1. The largest absolute Gasteiger partial charge is 1.00 e. The van der Waals surface area contributed by atoms with Crippen molar-refractivity contribution in [3.8, 4) is 5.75 Å². The molecule has 9 heteroatoms. The Bertz CT molecular complexity index is 833. The molecule has 0 saturated carbocycles. The summed E-state index contributed by atoms with van der Waals surface area (Å²) in [5.74, 6) is -2.62. The molecule has 0 bridgehead atoms. The van der Waals surface area contributed by atoms with Gasteiger partial charge in [-0.1, -0.05) is 109 Å². The number of benzene rings is 1. The summed E-state index contributed by atoms with van der Waals surface area (Å²) in [6.45, 7) is 2.24. The maximum Gasteiger partial charge on any atom is 1.00 e. The molecule has 0 aliphatic rings. The van der Waals surface area contributed by atoms with Crippen molar-refractivity contribution in [2.24, 2.45) is 0 Å². The number of rotatable bonds is 20. The van der Waals surface area contributed by atoms with Gasteiger partial charge in [-0.2, -0.15) is 8.42 Å². The predicted molar refractivity (Wildman–Crippen MR) is 135 cm³/mol. The molecule has 1 rings (SSSR count). The first kappa shape index (κ1) is 34.1.